The van der Waals surface area contributed by atoms with Crippen LogP contribution in [0.3, 0.4) is 0 Å². The van der Waals surface area contributed by atoms with Crippen LogP contribution in [0.2, 0.25) is 5.02 Å². The van der Waals surface area contributed by atoms with Crippen LogP contribution in [0.4, 0.5) is 8.78 Å². The maximum Gasteiger partial charge on any atom is 0.134 e. The van der Waals surface area contributed by atoms with E-state index in [9.17, 15) is 8.78 Å². The molecule has 2 N–H and O–H groups in total. The summed E-state index contributed by atoms with van der Waals surface area (Å²) in [4.78, 5) is 0.581. The van der Waals surface area contributed by atoms with E-state index in [0.29, 0.717) is 15.5 Å². The summed E-state index contributed by atoms with van der Waals surface area (Å²) in [6.07, 6.45) is 0. The summed E-state index contributed by atoms with van der Waals surface area (Å²) in [6.45, 7) is 3.41. The van der Waals surface area contributed by atoms with Crippen molar-refractivity contribution in [1.29, 1.82) is 0 Å². The van der Waals surface area contributed by atoms with E-state index in [2.05, 4.69) is 0 Å². The molecule has 18 heavy (non-hydrogen) atoms. The number of thiophene rings is 1. The van der Waals surface area contributed by atoms with Crippen molar-refractivity contribution in [3.8, 4) is 0 Å². The molecular formula is C13H12ClF2NS. The first-order valence-corrected chi connectivity index (χ1v) is 6.62. The van der Waals surface area contributed by atoms with Crippen molar-refractivity contribution in [2.45, 2.75) is 19.9 Å². The second-order valence-corrected chi connectivity index (χ2v) is 5.46. The average Bonchev–Trinajstić information content (AvgIpc) is 2.65. The van der Waals surface area contributed by atoms with Crippen molar-refractivity contribution in [2.24, 2.45) is 5.73 Å². The van der Waals surface area contributed by atoms with Crippen LogP contribution in [0.5, 0.6) is 0 Å². The Kier molecular flexibility index (Phi) is 3.71. The molecule has 0 bridgehead atoms. The molecule has 1 atom stereocenters. The van der Waals surface area contributed by atoms with Gasteiger partial charge in [0.05, 0.1) is 11.1 Å². The summed E-state index contributed by atoms with van der Waals surface area (Å²) in [5.41, 5.74) is 7.05. The number of aryl methyl sites for hydroxylation is 2. The van der Waals surface area contributed by atoms with Crippen LogP contribution in [0.1, 0.15) is 27.6 Å². The Morgan fingerprint density at radius 1 is 1.22 bits per heavy atom. The van der Waals surface area contributed by atoms with Gasteiger partial charge >= 0.3 is 0 Å². The molecule has 1 unspecified atom stereocenters. The number of halogens is 3. The molecule has 0 saturated heterocycles. The molecule has 0 saturated carbocycles. The minimum atomic E-state index is -0.879. The Bertz CT molecular complexity index is 595. The van der Waals surface area contributed by atoms with E-state index in [-0.39, 0.29) is 5.56 Å². The van der Waals surface area contributed by atoms with Crippen molar-refractivity contribution < 1.29 is 8.78 Å². The van der Waals surface area contributed by atoms with Gasteiger partial charge in [0, 0.05) is 10.4 Å². The van der Waals surface area contributed by atoms with Gasteiger partial charge in [0.1, 0.15) is 11.6 Å². The fourth-order valence-corrected chi connectivity index (χ4v) is 3.07. The first-order valence-electron chi connectivity index (χ1n) is 5.37. The summed E-state index contributed by atoms with van der Waals surface area (Å²) < 4.78 is 27.7. The summed E-state index contributed by atoms with van der Waals surface area (Å²) in [5, 5.41) is 2.30. The van der Waals surface area contributed by atoms with Gasteiger partial charge in [-0.25, -0.2) is 8.78 Å². The van der Waals surface area contributed by atoms with Crippen molar-refractivity contribution in [3.05, 3.63) is 55.7 Å². The van der Waals surface area contributed by atoms with Gasteiger partial charge in [0.2, 0.25) is 0 Å². The Hall–Kier alpha value is -0.970. The molecule has 2 aromatic rings. The lowest BCUT2D eigenvalue weighted by molar-refractivity contribution is 0.539. The van der Waals surface area contributed by atoms with Crippen LogP contribution < -0.4 is 5.73 Å². The Balaban J connectivity index is 2.56. The molecule has 1 nitrogen and oxygen atoms in total. The minimum Gasteiger partial charge on any atom is -0.319 e. The monoisotopic (exact) mass is 287 g/mol. The summed E-state index contributed by atoms with van der Waals surface area (Å²) >= 11 is 7.40. The highest BCUT2D eigenvalue weighted by Gasteiger charge is 2.23. The van der Waals surface area contributed by atoms with Crippen LogP contribution in [0, 0.1) is 25.5 Å². The normalized spacial score (nSPS) is 12.8. The molecule has 5 heteroatoms. The second kappa shape index (κ2) is 4.96. The zero-order valence-electron chi connectivity index (χ0n) is 9.93. The highest BCUT2D eigenvalue weighted by molar-refractivity contribution is 7.10. The Morgan fingerprint density at radius 2 is 1.89 bits per heavy atom. The van der Waals surface area contributed by atoms with E-state index in [1.54, 1.807) is 6.92 Å². The van der Waals surface area contributed by atoms with E-state index in [1.165, 1.54) is 23.5 Å². The summed E-state index contributed by atoms with van der Waals surface area (Å²) in [5.74, 6) is -1.25. The molecule has 96 valence electrons. The molecule has 0 spiro atoms. The molecule has 0 aliphatic heterocycles. The van der Waals surface area contributed by atoms with Gasteiger partial charge in [-0.3, -0.25) is 0 Å². The van der Waals surface area contributed by atoms with Crippen molar-refractivity contribution >= 4 is 22.9 Å². The van der Waals surface area contributed by atoms with Gasteiger partial charge in [-0.05, 0) is 36.4 Å². The minimum absolute atomic E-state index is 0.126. The second-order valence-electron chi connectivity index (χ2n) is 4.17. The van der Waals surface area contributed by atoms with Gasteiger partial charge < -0.3 is 5.73 Å². The number of hydrogen-bond donors (Lipinski definition) is 1. The molecule has 0 radical (unpaired) electrons. The van der Waals surface area contributed by atoms with Gasteiger partial charge in [0.25, 0.3) is 0 Å². The fraction of sp³-hybridized carbons (Fsp3) is 0.231. The number of benzene rings is 1. The van der Waals surface area contributed by atoms with Gasteiger partial charge in [-0.2, -0.15) is 0 Å². The third kappa shape index (κ3) is 2.16. The van der Waals surface area contributed by atoms with Crippen LogP contribution in [0.25, 0.3) is 0 Å². The fourth-order valence-electron chi connectivity index (χ4n) is 1.75. The molecule has 0 fully saturated rings. The lowest BCUT2D eigenvalue weighted by atomic mass is 10.0. The third-order valence-electron chi connectivity index (χ3n) is 2.84. The Labute approximate surface area is 113 Å². The number of nitrogens with two attached hydrogens (primary N) is 1. The molecular weight excluding hydrogens is 276 g/mol. The SMILES string of the molecule is Cc1ccc(F)c(C(N)c2scc(C)c2Cl)c1F. The highest BCUT2D eigenvalue weighted by Crippen LogP contribution is 2.36. The maximum atomic E-state index is 14.0. The van der Waals surface area contributed by atoms with Crippen LogP contribution in [-0.4, -0.2) is 0 Å². The quantitative estimate of drug-likeness (QED) is 0.873. The lowest BCUT2D eigenvalue weighted by Gasteiger charge is -2.14. The topological polar surface area (TPSA) is 26.0 Å². The largest absolute Gasteiger partial charge is 0.319 e. The highest BCUT2D eigenvalue weighted by atomic mass is 35.5. The van der Waals surface area contributed by atoms with Crippen molar-refractivity contribution in [1.82, 2.24) is 0 Å². The van der Waals surface area contributed by atoms with Gasteiger partial charge in [-0.15, -0.1) is 11.3 Å². The summed E-state index contributed by atoms with van der Waals surface area (Å²) in [6, 6.07) is 1.74. The summed E-state index contributed by atoms with van der Waals surface area (Å²) in [7, 11) is 0. The molecule has 1 heterocycles. The van der Waals surface area contributed by atoms with E-state index < -0.39 is 17.7 Å². The zero-order valence-corrected chi connectivity index (χ0v) is 11.5. The first kappa shape index (κ1) is 13.5. The van der Waals surface area contributed by atoms with E-state index >= 15 is 0 Å². The lowest BCUT2D eigenvalue weighted by Crippen LogP contribution is -2.15. The molecule has 0 amide bonds. The smallest absolute Gasteiger partial charge is 0.134 e. The molecule has 0 aliphatic rings. The van der Waals surface area contributed by atoms with Crippen LogP contribution in [0.15, 0.2) is 17.5 Å². The van der Waals surface area contributed by atoms with Crippen LogP contribution >= 0.6 is 22.9 Å². The maximum absolute atomic E-state index is 14.0. The zero-order chi connectivity index (χ0) is 13.4. The predicted octanol–water partition coefficient (Wildman–Crippen LogP) is 4.34. The molecule has 2 rings (SSSR count). The number of rotatable bonds is 2. The molecule has 0 aliphatic carbocycles. The number of hydrogen-bond acceptors (Lipinski definition) is 2. The predicted molar refractivity (Wildman–Crippen MR) is 71.2 cm³/mol. The van der Waals surface area contributed by atoms with Crippen LogP contribution in [-0.2, 0) is 0 Å². The Morgan fingerprint density at radius 3 is 2.44 bits per heavy atom. The van der Waals surface area contributed by atoms with Crippen molar-refractivity contribution in [2.75, 3.05) is 0 Å². The van der Waals surface area contributed by atoms with E-state index in [1.807, 2.05) is 12.3 Å². The average molecular weight is 288 g/mol. The van der Waals surface area contributed by atoms with E-state index in [4.69, 9.17) is 17.3 Å². The molecule has 1 aromatic heterocycles. The molecule has 1 aromatic carbocycles. The standard InChI is InChI=1S/C13H12ClF2NS/c1-6-3-4-8(15)9(11(6)16)12(17)13-10(14)7(2)5-18-13/h3-5,12H,17H2,1-2H3. The first-order chi connectivity index (χ1) is 8.43. The van der Waals surface area contributed by atoms with Gasteiger partial charge in [0.15, 0.2) is 0 Å². The van der Waals surface area contributed by atoms with E-state index in [0.717, 1.165) is 5.56 Å². The van der Waals surface area contributed by atoms with Crippen molar-refractivity contribution in [3.63, 3.8) is 0 Å². The van der Waals surface area contributed by atoms with Gasteiger partial charge in [-0.1, -0.05) is 17.7 Å². The third-order valence-corrected chi connectivity index (χ3v) is 4.64.